The number of nitrogens with one attached hydrogen (secondary N) is 2. The van der Waals surface area contributed by atoms with Crippen LogP contribution in [-0.4, -0.2) is 95.3 Å². The third-order valence-electron chi connectivity index (χ3n) is 6.85. The maximum atomic E-state index is 9.77. The number of rotatable bonds is 10. The van der Waals surface area contributed by atoms with E-state index in [9.17, 15) is 4.79 Å². The van der Waals surface area contributed by atoms with E-state index in [1.165, 1.54) is 6.42 Å². The van der Waals surface area contributed by atoms with Crippen LogP contribution in [-0.2, 0) is 4.79 Å². The highest BCUT2D eigenvalue weighted by Gasteiger charge is 2.19. The number of piperidine rings is 1. The van der Waals surface area contributed by atoms with Crippen LogP contribution >= 0.6 is 8.20 Å². The average Bonchev–Trinajstić information content (AvgIpc) is 3.35. The topological polar surface area (TPSA) is 90.7 Å². The van der Waals surface area contributed by atoms with E-state index in [2.05, 4.69) is 68.6 Å². The van der Waals surface area contributed by atoms with Crippen molar-refractivity contribution in [2.75, 3.05) is 58.5 Å². The number of carbonyl (C=O) groups is 1. The molecule has 0 spiro atoms. The molecule has 0 radical (unpaired) electrons. The van der Waals surface area contributed by atoms with E-state index in [0.717, 1.165) is 80.4 Å². The molecule has 1 fully saturated rings. The minimum absolute atomic E-state index is 0.370. The third-order valence-corrected chi connectivity index (χ3v) is 7.84. The smallest absolute Gasteiger partial charge is 0.223 e. The van der Waals surface area contributed by atoms with Gasteiger partial charge in [0, 0.05) is 44.1 Å². The van der Waals surface area contributed by atoms with Crippen LogP contribution in [0.2, 0.25) is 0 Å². The first-order chi connectivity index (χ1) is 20.0. The molecule has 0 bridgehead atoms. The number of benzene rings is 1. The lowest BCUT2D eigenvalue weighted by Gasteiger charge is -2.30. The first-order valence-corrected chi connectivity index (χ1v) is 15.1. The summed E-state index contributed by atoms with van der Waals surface area (Å²) < 4.78 is 1.93. The van der Waals surface area contributed by atoms with Crippen LogP contribution < -0.4 is 16.1 Å². The van der Waals surface area contributed by atoms with Crippen molar-refractivity contribution < 1.29 is 4.79 Å². The van der Waals surface area contributed by atoms with Crippen molar-refractivity contribution in [1.82, 2.24) is 29.4 Å². The number of nitrogens with zero attached hydrogens (tertiary/aromatic N) is 6. The first-order valence-electron chi connectivity index (χ1n) is 14.1. The van der Waals surface area contributed by atoms with Gasteiger partial charge in [-0.1, -0.05) is 18.2 Å². The number of unbranched alkanes of at least 4 members (excludes halogenated alkanes) is 1. The van der Waals surface area contributed by atoms with E-state index in [0.29, 0.717) is 18.4 Å². The van der Waals surface area contributed by atoms with Crippen molar-refractivity contribution in [3.8, 4) is 11.3 Å². The lowest BCUT2D eigenvalue weighted by atomic mass is 10.1. The van der Waals surface area contributed by atoms with E-state index in [4.69, 9.17) is 10.1 Å². The molecule has 10 heteroatoms. The highest BCUT2D eigenvalue weighted by atomic mass is 31.1. The van der Waals surface area contributed by atoms with Crippen molar-refractivity contribution in [2.45, 2.75) is 31.7 Å². The van der Waals surface area contributed by atoms with Crippen molar-refractivity contribution in [1.29, 1.82) is 0 Å². The van der Waals surface area contributed by atoms with Gasteiger partial charge in [0.25, 0.3) is 0 Å². The number of fused-ring (bicyclic) bond motifs is 1. The predicted octanol–water partition coefficient (Wildman–Crippen LogP) is 4.29. The monoisotopic (exact) mass is 572 g/mol. The molecule has 1 aliphatic heterocycles. The summed E-state index contributed by atoms with van der Waals surface area (Å²) >= 11 is 0. The SMILES string of the molecule is CN(C)CCCC=O.CNc1ccc(C=Pc2nn3ccccc3c2-c2ccnc(NC3CCCN(C)C3)n2)cc1. The quantitative estimate of drug-likeness (QED) is 0.165. The molecule has 2 N–H and O–H groups in total. The van der Waals surface area contributed by atoms with Crippen LogP contribution in [0.5, 0.6) is 0 Å². The Hall–Kier alpha value is -3.65. The van der Waals surface area contributed by atoms with Gasteiger partial charge in [0.2, 0.25) is 5.95 Å². The van der Waals surface area contributed by atoms with Gasteiger partial charge < -0.3 is 25.2 Å². The molecule has 1 saturated heterocycles. The second-order valence-electron chi connectivity index (χ2n) is 10.5. The van der Waals surface area contributed by atoms with Crippen LogP contribution in [0.15, 0.2) is 60.9 Å². The van der Waals surface area contributed by atoms with Gasteiger partial charge in [-0.05, 0) is 103 Å². The summed E-state index contributed by atoms with van der Waals surface area (Å²) in [6, 6.07) is 16.9. The van der Waals surface area contributed by atoms with Gasteiger partial charge in [-0.2, -0.15) is 5.10 Å². The van der Waals surface area contributed by atoms with Crippen molar-refractivity contribution in [3.05, 3.63) is 66.5 Å². The van der Waals surface area contributed by atoms with E-state index >= 15 is 0 Å². The van der Waals surface area contributed by atoms with Crippen LogP contribution in [0.25, 0.3) is 16.8 Å². The fourth-order valence-corrected chi connectivity index (χ4v) is 5.67. The Kier molecular flexibility index (Phi) is 11.4. The number of aromatic nitrogens is 4. The maximum absolute atomic E-state index is 9.77. The number of hydrogen-bond donors (Lipinski definition) is 2. The second kappa shape index (κ2) is 15.4. The summed E-state index contributed by atoms with van der Waals surface area (Å²) in [6.45, 7) is 3.17. The van der Waals surface area contributed by atoms with Gasteiger partial charge >= 0.3 is 0 Å². The second-order valence-corrected chi connectivity index (χ2v) is 11.4. The molecule has 3 aromatic heterocycles. The number of carbonyl (C=O) groups excluding carboxylic acids is 1. The highest BCUT2D eigenvalue weighted by Crippen LogP contribution is 2.25. The molecular weight excluding hydrogens is 531 g/mol. The standard InChI is InChI=1S/C25H28N7P.C6H13NO/c1-26-19-10-8-18(9-11-19)17-33-24-23(22-7-3-4-15-32(22)30-24)21-12-13-27-25(29-21)28-20-6-5-14-31(2)16-20;1-7(2)5-3-4-6-8/h3-4,7-13,15,17,20,26H,5-6,14,16H2,1-2H3,(H,27,28,29);6H,3-5H2,1-2H3. The van der Waals surface area contributed by atoms with Crippen molar-refractivity contribution >= 4 is 42.9 Å². The molecule has 4 aromatic rings. The molecule has 0 aliphatic carbocycles. The Labute approximate surface area is 244 Å². The predicted molar refractivity (Wildman–Crippen MR) is 172 cm³/mol. The molecule has 0 saturated carbocycles. The summed E-state index contributed by atoms with van der Waals surface area (Å²) in [5.74, 6) is 2.86. The Balaban J connectivity index is 0.000000426. The Morgan fingerprint density at radius 1 is 1.15 bits per heavy atom. The molecule has 4 heterocycles. The molecule has 5 rings (SSSR count). The van der Waals surface area contributed by atoms with Crippen LogP contribution in [0.1, 0.15) is 31.2 Å². The summed E-state index contributed by atoms with van der Waals surface area (Å²) in [4.78, 5) is 23.6. The van der Waals surface area contributed by atoms with Gasteiger partial charge in [-0.25, -0.2) is 14.5 Å². The van der Waals surface area contributed by atoms with Crippen molar-refractivity contribution in [3.63, 3.8) is 0 Å². The maximum Gasteiger partial charge on any atom is 0.223 e. The van der Waals surface area contributed by atoms with Crippen LogP contribution in [0, 0.1) is 0 Å². The van der Waals surface area contributed by atoms with E-state index in [1.807, 2.05) is 56.3 Å². The van der Waals surface area contributed by atoms with Gasteiger partial charge in [0.05, 0.1) is 16.8 Å². The van der Waals surface area contributed by atoms with Crippen LogP contribution in [0.4, 0.5) is 11.6 Å². The molecule has 9 nitrogen and oxygen atoms in total. The summed E-state index contributed by atoms with van der Waals surface area (Å²) in [5, 5.41) is 11.6. The molecule has 41 heavy (non-hydrogen) atoms. The van der Waals surface area contributed by atoms with E-state index in [-0.39, 0.29) is 0 Å². The van der Waals surface area contributed by atoms with E-state index < -0.39 is 0 Å². The van der Waals surface area contributed by atoms with Gasteiger partial charge in [-0.15, -0.1) is 0 Å². The molecule has 1 aromatic carbocycles. The van der Waals surface area contributed by atoms with Crippen molar-refractivity contribution in [2.24, 2.45) is 0 Å². The normalized spacial score (nSPS) is 15.6. The molecule has 216 valence electrons. The number of aldehydes is 1. The Morgan fingerprint density at radius 2 is 1.98 bits per heavy atom. The molecule has 1 atom stereocenters. The van der Waals surface area contributed by atoms with Gasteiger partial charge in [0.15, 0.2) is 0 Å². The number of anilines is 2. The average molecular weight is 573 g/mol. The number of likely N-dealkylation sites (N-methyl/N-ethyl adjacent to an activating group) is 1. The fourth-order valence-electron chi connectivity index (χ4n) is 4.72. The molecule has 1 unspecified atom stereocenters. The molecule has 0 amide bonds. The summed E-state index contributed by atoms with van der Waals surface area (Å²) in [5.41, 5.74) is 6.21. The zero-order chi connectivity index (χ0) is 29.0. The molecular formula is C31H41N8OP. The summed E-state index contributed by atoms with van der Waals surface area (Å²) in [6.07, 6.45) is 8.79. The Morgan fingerprint density at radius 3 is 2.71 bits per heavy atom. The minimum atomic E-state index is 0.370. The first kappa shape index (κ1) is 30.3. The lowest BCUT2D eigenvalue weighted by molar-refractivity contribution is -0.107. The van der Waals surface area contributed by atoms with E-state index in [1.54, 1.807) is 0 Å². The minimum Gasteiger partial charge on any atom is -0.388 e. The zero-order valence-electron chi connectivity index (χ0n) is 24.5. The van der Waals surface area contributed by atoms with Gasteiger partial charge in [0.1, 0.15) is 11.7 Å². The lowest BCUT2D eigenvalue weighted by Crippen LogP contribution is -2.40. The Bertz CT molecular complexity index is 1420. The largest absolute Gasteiger partial charge is 0.388 e. The van der Waals surface area contributed by atoms with Gasteiger partial charge in [-0.3, -0.25) is 0 Å². The zero-order valence-corrected chi connectivity index (χ0v) is 25.4. The third kappa shape index (κ3) is 8.92. The van der Waals surface area contributed by atoms with Crippen LogP contribution in [0.3, 0.4) is 0 Å². The highest BCUT2D eigenvalue weighted by molar-refractivity contribution is 7.47. The number of likely N-dealkylation sites (tertiary alicyclic amines) is 1. The molecule has 1 aliphatic rings. The number of pyridine rings is 1. The number of hydrogen-bond acceptors (Lipinski definition) is 8. The fraction of sp³-hybridized carbons (Fsp3) is 0.387. The summed E-state index contributed by atoms with van der Waals surface area (Å²) in [7, 11) is 9.12.